The molecule has 2 nitrogen and oxygen atoms in total. The zero-order chi connectivity index (χ0) is 11.5. The summed E-state index contributed by atoms with van der Waals surface area (Å²) < 4.78 is 0. The lowest BCUT2D eigenvalue weighted by atomic mass is 9.80. The van der Waals surface area contributed by atoms with Crippen LogP contribution in [0.15, 0.2) is 0 Å². The van der Waals surface area contributed by atoms with E-state index in [-0.39, 0.29) is 0 Å². The molecule has 1 fully saturated rings. The van der Waals surface area contributed by atoms with Crippen molar-refractivity contribution in [3.8, 4) is 0 Å². The highest BCUT2D eigenvalue weighted by Crippen LogP contribution is 2.29. The van der Waals surface area contributed by atoms with Crippen LogP contribution in [0.1, 0.15) is 40.5 Å². The summed E-state index contributed by atoms with van der Waals surface area (Å²) in [6.07, 6.45) is 2.67. The lowest BCUT2D eigenvalue weighted by Gasteiger charge is -2.38. The van der Waals surface area contributed by atoms with Gasteiger partial charge < -0.3 is 10.2 Å². The van der Waals surface area contributed by atoms with E-state index in [2.05, 4.69) is 45.0 Å². The molecule has 1 aliphatic rings. The highest BCUT2D eigenvalue weighted by molar-refractivity contribution is 4.83. The Hall–Kier alpha value is -0.0800. The van der Waals surface area contributed by atoms with Gasteiger partial charge >= 0.3 is 0 Å². The van der Waals surface area contributed by atoms with Crippen molar-refractivity contribution in [1.82, 2.24) is 10.2 Å². The topological polar surface area (TPSA) is 15.3 Å². The second-order valence-electron chi connectivity index (χ2n) is 6.78. The molecule has 0 aromatic carbocycles. The van der Waals surface area contributed by atoms with Gasteiger partial charge in [0.2, 0.25) is 0 Å². The normalized spacial score (nSPS) is 23.0. The molecule has 0 aromatic rings. The Bertz CT molecular complexity index is 185. The highest BCUT2D eigenvalue weighted by Gasteiger charge is 2.28. The second kappa shape index (κ2) is 4.84. The Morgan fingerprint density at radius 2 is 1.73 bits per heavy atom. The fourth-order valence-electron chi connectivity index (χ4n) is 2.07. The summed E-state index contributed by atoms with van der Waals surface area (Å²) in [6.45, 7) is 14.1. The van der Waals surface area contributed by atoms with Gasteiger partial charge in [-0.3, -0.25) is 0 Å². The Balaban J connectivity index is 2.25. The number of rotatable bonds is 3. The van der Waals surface area contributed by atoms with Crippen LogP contribution in [0.5, 0.6) is 0 Å². The summed E-state index contributed by atoms with van der Waals surface area (Å²) in [5.74, 6) is 0. The van der Waals surface area contributed by atoms with Crippen LogP contribution in [0.2, 0.25) is 0 Å². The van der Waals surface area contributed by atoms with E-state index in [0.717, 1.165) is 6.54 Å². The van der Waals surface area contributed by atoms with Gasteiger partial charge in [-0.05, 0) is 43.8 Å². The maximum absolute atomic E-state index is 3.63. The molecule has 2 heteroatoms. The predicted octanol–water partition coefficient (Wildman–Crippen LogP) is 2.35. The van der Waals surface area contributed by atoms with Crippen LogP contribution in [0.3, 0.4) is 0 Å². The number of nitrogens with zero attached hydrogens (tertiary/aromatic N) is 1. The Morgan fingerprint density at radius 3 is 2.20 bits per heavy atom. The summed E-state index contributed by atoms with van der Waals surface area (Å²) in [7, 11) is 2.22. The van der Waals surface area contributed by atoms with Crippen LogP contribution in [-0.2, 0) is 0 Å². The molecule has 90 valence electrons. The summed E-state index contributed by atoms with van der Waals surface area (Å²) in [6, 6.07) is 0. The third-order valence-corrected chi connectivity index (χ3v) is 3.40. The van der Waals surface area contributed by atoms with Crippen molar-refractivity contribution < 1.29 is 0 Å². The van der Waals surface area contributed by atoms with Crippen molar-refractivity contribution in [3.63, 3.8) is 0 Å². The number of hydrogen-bond acceptors (Lipinski definition) is 2. The van der Waals surface area contributed by atoms with Crippen LogP contribution in [-0.4, -0.2) is 38.1 Å². The molecule has 1 N–H and O–H groups in total. The maximum Gasteiger partial charge on any atom is 0.000634 e. The molecule has 0 saturated carbocycles. The van der Waals surface area contributed by atoms with E-state index in [4.69, 9.17) is 0 Å². The molecular weight excluding hydrogens is 184 g/mol. The van der Waals surface area contributed by atoms with Crippen molar-refractivity contribution in [3.05, 3.63) is 0 Å². The minimum absolute atomic E-state index is 0.405. The van der Waals surface area contributed by atoms with E-state index in [0.29, 0.717) is 10.8 Å². The first-order chi connectivity index (χ1) is 6.81. The summed E-state index contributed by atoms with van der Waals surface area (Å²) in [5.41, 5.74) is 0.930. The molecule has 0 aromatic heterocycles. The van der Waals surface area contributed by atoms with E-state index < -0.39 is 0 Å². The SMILES string of the molecule is CN1CCC(C)(CNCC(C)(C)C)CC1. The van der Waals surface area contributed by atoms with Gasteiger partial charge in [-0.1, -0.05) is 27.7 Å². The Labute approximate surface area is 95.4 Å². The van der Waals surface area contributed by atoms with Crippen LogP contribution in [0.4, 0.5) is 0 Å². The van der Waals surface area contributed by atoms with E-state index >= 15 is 0 Å². The zero-order valence-electron chi connectivity index (χ0n) is 11.2. The fraction of sp³-hybridized carbons (Fsp3) is 1.00. The van der Waals surface area contributed by atoms with Crippen molar-refractivity contribution in [2.75, 3.05) is 33.2 Å². The number of piperidine rings is 1. The molecule has 0 aliphatic carbocycles. The first kappa shape index (κ1) is 13.0. The standard InChI is InChI=1S/C13H28N2/c1-12(2,3)10-14-11-13(4)6-8-15(5)9-7-13/h14H,6-11H2,1-5H3. The van der Waals surface area contributed by atoms with E-state index in [1.165, 1.54) is 32.5 Å². The van der Waals surface area contributed by atoms with Gasteiger partial charge in [0.05, 0.1) is 0 Å². The van der Waals surface area contributed by atoms with Crippen molar-refractivity contribution in [2.24, 2.45) is 10.8 Å². The molecule has 0 radical (unpaired) electrons. The van der Waals surface area contributed by atoms with Crippen LogP contribution in [0, 0.1) is 10.8 Å². The molecule has 1 heterocycles. The molecule has 15 heavy (non-hydrogen) atoms. The fourth-order valence-corrected chi connectivity index (χ4v) is 2.07. The number of likely N-dealkylation sites (tertiary alicyclic amines) is 1. The van der Waals surface area contributed by atoms with Gasteiger partial charge in [-0.25, -0.2) is 0 Å². The lowest BCUT2D eigenvalue weighted by molar-refractivity contribution is 0.134. The molecule has 0 unspecified atom stereocenters. The molecule has 1 rings (SSSR count). The molecule has 0 amide bonds. The largest absolute Gasteiger partial charge is 0.316 e. The second-order valence-corrected chi connectivity index (χ2v) is 6.78. The van der Waals surface area contributed by atoms with Crippen molar-refractivity contribution in [2.45, 2.75) is 40.5 Å². The summed E-state index contributed by atoms with van der Waals surface area (Å²) in [4.78, 5) is 2.44. The third kappa shape index (κ3) is 4.98. The van der Waals surface area contributed by atoms with Crippen molar-refractivity contribution >= 4 is 0 Å². The van der Waals surface area contributed by atoms with E-state index in [1.54, 1.807) is 0 Å². The van der Waals surface area contributed by atoms with Gasteiger partial charge in [0.15, 0.2) is 0 Å². The van der Waals surface area contributed by atoms with Gasteiger partial charge in [0.25, 0.3) is 0 Å². The smallest absolute Gasteiger partial charge is 0.000634 e. The minimum Gasteiger partial charge on any atom is -0.316 e. The molecule has 0 spiro atoms. The Kier molecular flexibility index (Phi) is 4.19. The molecule has 1 aliphatic heterocycles. The van der Waals surface area contributed by atoms with Gasteiger partial charge in [0, 0.05) is 13.1 Å². The lowest BCUT2D eigenvalue weighted by Crippen LogP contribution is -2.43. The maximum atomic E-state index is 3.63. The molecule has 0 bridgehead atoms. The van der Waals surface area contributed by atoms with Gasteiger partial charge in [-0.15, -0.1) is 0 Å². The monoisotopic (exact) mass is 212 g/mol. The van der Waals surface area contributed by atoms with Crippen molar-refractivity contribution in [1.29, 1.82) is 0 Å². The third-order valence-electron chi connectivity index (χ3n) is 3.40. The molecule has 0 atom stereocenters. The van der Waals surface area contributed by atoms with E-state index in [1.807, 2.05) is 0 Å². The Morgan fingerprint density at radius 1 is 1.20 bits per heavy atom. The summed E-state index contributed by atoms with van der Waals surface area (Å²) >= 11 is 0. The molecule has 1 saturated heterocycles. The van der Waals surface area contributed by atoms with Gasteiger partial charge in [0.1, 0.15) is 0 Å². The molecular formula is C13H28N2. The van der Waals surface area contributed by atoms with Crippen LogP contribution >= 0.6 is 0 Å². The number of nitrogens with one attached hydrogen (secondary N) is 1. The van der Waals surface area contributed by atoms with E-state index in [9.17, 15) is 0 Å². The van der Waals surface area contributed by atoms with Crippen LogP contribution < -0.4 is 5.32 Å². The number of hydrogen-bond donors (Lipinski definition) is 1. The highest BCUT2D eigenvalue weighted by atomic mass is 15.1. The van der Waals surface area contributed by atoms with Crippen LogP contribution in [0.25, 0.3) is 0 Å². The zero-order valence-corrected chi connectivity index (χ0v) is 11.2. The average Bonchev–Trinajstić information content (AvgIpc) is 2.09. The minimum atomic E-state index is 0.405. The quantitative estimate of drug-likeness (QED) is 0.772. The first-order valence-electron chi connectivity index (χ1n) is 6.20. The predicted molar refractivity (Wildman–Crippen MR) is 67.2 cm³/mol. The first-order valence-corrected chi connectivity index (χ1v) is 6.20. The van der Waals surface area contributed by atoms with Gasteiger partial charge in [-0.2, -0.15) is 0 Å². The summed E-state index contributed by atoms with van der Waals surface area (Å²) in [5, 5.41) is 3.63. The average molecular weight is 212 g/mol.